The summed E-state index contributed by atoms with van der Waals surface area (Å²) in [5.41, 5.74) is 0.189. The van der Waals surface area contributed by atoms with Gasteiger partial charge in [0.1, 0.15) is 5.76 Å². The second-order valence-corrected chi connectivity index (χ2v) is 4.72. The summed E-state index contributed by atoms with van der Waals surface area (Å²) in [5, 5.41) is 9.45. The minimum absolute atomic E-state index is 0.0143. The van der Waals surface area contributed by atoms with E-state index in [1.807, 2.05) is 0 Å². The summed E-state index contributed by atoms with van der Waals surface area (Å²) in [7, 11) is -3.78. The smallest absolute Gasteiger partial charge is 0.214 e. The first-order valence-electron chi connectivity index (χ1n) is 3.82. The Hall–Kier alpha value is -1.62. The maximum Gasteiger partial charge on any atom is 0.214 e. The van der Waals surface area contributed by atoms with Gasteiger partial charge in [0.2, 0.25) is 9.84 Å². The first-order chi connectivity index (χ1) is 6.59. The standard InChI is InChI=1S/C9H6O4S/c10-5-8-9(11)6-3-1-2-4-7(6)14(8,12)13/h1-5,11H. The molecule has 1 N–H and O–H groups in total. The third-order valence-electron chi connectivity index (χ3n) is 2.06. The summed E-state index contributed by atoms with van der Waals surface area (Å²) in [6.45, 7) is 0. The van der Waals surface area contributed by atoms with Gasteiger partial charge in [-0.1, -0.05) is 12.1 Å². The maximum absolute atomic E-state index is 11.6. The molecular formula is C9H6O4S. The van der Waals surface area contributed by atoms with Crippen molar-refractivity contribution in [3.05, 3.63) is 34.7 Å². The van der Waals surface area contributed by atoms with Crippen LogP contribution in [-0.4, -0.2) is 19.8 Å². The van der Waals surface area contributed by atoms with Crippen LogP contribution in [0.5, 0.6) is 0 Å². The molecule has 1 heterocycles. The Labute approximate surface area is 80.4 Å². The van der Waals surface area contributed by atoms with E-state index >= 15 is 0 Å². The molecule has 0 aliphatic carbocycles. The number of carbonyl (C=O) groups is 1. The van der Waals surface area contributed by atoms with Crippen molar-refractivity contribution in [3.63, 3.8) is 0 Å². The van der Waals surface area contributed by atoms with Crippen LogP contribution in [0.3, 0.4) is 0 Å². The van der Waals surface area contributed by atoms with Crippen LogP contribution in [0.4, 0.5) is 0 Å². The first kappa shape index (κ1) is 8.96. The molecule has 1 aliphatic rings. The van der Waals surface area contributed by atoms with E-state index in [1.54, 1.807) is 6.07 Å². The Morgan fingerprint density at radius 3 is 2.43 bits per heavy atom. The SMILES string of the molecule is O=CC1=C(O)c2ccccc2S1(=O)=O. The molecule has 0 unspecified atom stereocenters. The number of allylic oxidation sites excluding steroid dienone is 1. The molecule has 0 radical (unpaired) electrons. The Kier molecular flexibility index (Phi) is 1.72. The van der Waals surface area contributed by atoms with Gasteiger partial charge in [-0.25, -0.2) is 8.42 Å². The molecule has 14 heavy (non-hydrogen) atoms. The Bertz CT molecular complexity index is 540. The normalized spacial score (nSPS) is 18.0. The van der Waals surface area contributed by atoms with Crippen LogP contribution >= 0.6 is 0 Å². The number of benzene rings is 1. The van der Waals surface area contributed by atoms with Gasteiger partial charge in [0, 0.05) is 5.56 Å². The lowest BCUT2D eigenvalue weighted by Crippen LogP contribution is -2.01. The molecule has 0 saturated heterocycles. The van der Waals surface area contributed by atoms with Crippen molar-refractivity contribution in [2.75, 3.05) is 0 Å². The quantitative estimate of drug-likeness (QED) is 0.699. The van der Waals surface area contributed by atoms with Gasteiger partial charge >= 0.3 is 0 Å². The Balaban J connectivity index is 2.89. The van der Waals surface area contributed by atoms with Crippen LogP contribution in [0, 0.1) is 0 Å². The van der Waals surface area contributed by atoms with Crippen molar-refractivity contribution in [1.82, 2.24) is 0 Å². The van der Waals surface area contributed by atoms with Gasteiger partial charge < -0.3 is 5.11 Å². The van der Waals surface area contributed by atoms with E-state index in [9.17, 15) is 18.3 Å². The highest BCUT2D eigenvalue weighted by atomic mass is 32.2. The van der Waals surface area contributed by atoms with Crippen LogP contribution < -0.4 is 0 Å². The van der Waals surface area contributed by atoms with E-state index in [4.69, 9.17) is 0 Å². The van der Waals surface area contributed by atoms with Crippen LogP contribution in [0.2, 0.25) is 0 Å². The maximum atomic E-state index is 11.6. The number of rotatable bonds is 1. The Morgan fingerprint density at radius 1 is 1.21 bits per heavy atom. The average Bonchev–Trinajstić information content (AvgIpc) is 2.36. The fourth-order valence-electron chi connectivity index (χ4n) is 1.39. The lowest BCUT2D eigenvalue weighted by atomic mass is 10.2. The van der Waals surface area contributed by atoms with Crippen molar-refractivity contribution in [3.8, 4) is 0 Å². The first-order valence-corrected chi connectivity index (χ1v) is 5.30. The van der Waals surface area contributed by atoms with Gasteiger partial charge in [-0.05, 0) is 12.1 Å². The zero-order valence-electron chi connectivity index (χ0n) is 6.97. The van der Waals surface area contributed by atoms with E-state index in [2.05, 4.69) is 0 Å². The third-order valence-corrected chi connectivity index (χ3v) is 3.87. The highest BCUT2D eigenvalue weighted by Crippen LogP contribution is 2.36. The molecular weight excluding hydrogens is 204 g/mol. The minimum Gasteiger partial charge on any atom is -0.506 e. The molecule has 0 amide bonds. The summed E-state index contributed by atoms with van der Waals surface area (Å²) >= 11 is 0. The minimum atomic E-state index is -3.78. The van der Waals surface area contributed by atoms with Crippen LogP contribution in [0.15, 0.2) is 34.1 Å². The molecule has 0 bridgehead atoms. The van der Waals surface area contributed by atoms with E-state index in [0.717, 1.165) is 0 Å². The second-order valence-electron chi connectivity index (χ2n) is 2.83. The lowest BCUT2D eigenvalue weighted by molar-refractivity contribution is -0.104. The number of carbonyl (C=O) groups excluding carboxylic acids is 1. The van der Waals surface area contributed by atoms with Crippen molar-refractivity contribution >= 4 is 21.9 Å². The number of sulfone groups is 1. The summed E-state index contributed by atoms with van der Waals surface area (Å²) in [5.74, 6) is -0.462. The van der Waals surface area contributed by atoms with Gasteiger partial charge in [-0.2, -0.15) is 0 Å². The van der Waals surface area contributed by atoms with Gasteiger partial charge in [0.15, 0.2) is 11.2 Å². The molecule has 0 atom stereocenters. The van der Waals surface area contributed by atoms with E-state index in [0.29, 0.717) is 0 Å². The largest absolute Gasteiger partial charge is 0.506 e. The molecule has 2 rings (SSSR count). The number of hydrogen-bond acceptors (Lipinski definition) is 4. The number of aliphatic hydroxyl groups is 1. The highest BCUT2D eigenvalue weighted by Gasteiger charge is 2.35. The second kappa shape index (κ2) is 2.68. The summed E-state index contributed by atoms with van der Waals surface area (Å²) in [6.07, 6.45) is 0.157. The van der Waals surface area contributed by atoms with Crippen LogP contribution in [0.1, 0.15) is 5.56 Å². The molecule has 72 valence electrons. The summed E-state index contributed by atoms with van der Waals surface area (Å²) < 4.78 is 23.2. The van der Waals surface area contributed by atoms with Crippen molar-refractivity contribution in [1.29, 1.82) is 0 Å². The zero-order chi connectivity index (χ0) is 10.3. The van der Waals surface area contributed by atoms with Crippen molar-refractivity contribution in [2.45, 2.75) is 4.90 Å². The lowest BCUT2D eigenvalue weighted by Gasteiger charge is -1.96. The molecule has 0 spiro atoms. The molecule has 0 aromatic heterocycles. The number of aliphatic hydroxyl groups excluding tert-OH is 1. The van der Waals surface area contributed by atoms with Crippen LogP contribution in [-0.2, 0) is 14.6 Å². The fourth-order valence-corrected chi connectivity index (χ4v) is 2.83. The van der Waals surface area contributed by atoms with E-state index < -0.39 is 20.5 Å². The number of hydrogen-bond donors (Lipinski definition) is 1. The molecule has 0 fully saturated rings. The highest BCUT2D eigenvalue weighted by molar-refractivity contribution is 7.96. The van der Waals surface area contributed by atoms with Gasteiger partial charge in [-0.3, -0.25) is 4.79 Å². The topological polar surface area (TPSA) is 71.4 Å². The molecule has 4 nitrogen and oxygen atoms in total. The van der Waals surface area contributed by atoms with Crippen LogP contribution in [0.25, 0.3) is 5.76 Å². The monoisotopic (exact) mass is 210 g/mol. The summed E-state index contributed by atoms with van der Waals surface area (Å²) in [6, 6.07) is 5.95. The Morgan fingerprint density at radius 2 is 1.86 bits per heavy atom. The fraction of sp³-hybridized carbons (Fsp3) is 0. The molecule has 1 aromatic carbocycles. The van der Waals surface area contributed by atoms with Gasteiger partial charge in [0.25, 0.3) is 0 Å². The molecule has 0 saturated carbocycles. The number of aldehydes is 1. The average molecular weight is 210 g/mol. The number of fused-ring (bicyclic) bond motifs is 1. The van der Waals surface area contributed by atoms with Gasteiger partial charge in [-0.15, -0.1) is 0 Å². The molecule has 1 aliphatic heterocycles. The molecule has 1 aromatic rings. The third kappa shape index (κ3) is 0.927. The zero-order valence-corrected chi connectivity index (χ0v) is 7.78. The van der Waals surface area contributed by atoms with Crippen molar-refractivity contribution < 1.29 is 18.3 Å². The van der Waals surface area contributed by atoms with E-state index in [-0.39, 0.29) is 16.7 Å². The van der Waals surface area contributed by atoms with Gasteiger partial charge in [0.05, 0.1) is 4.90 Å². The van der Waals surface area contributed by atoms with E-state index in [1.165, 1.54) is 18.2 Å². The summed E-state index contributed by atoms with van der Waals surface area (Å²) in [4.78, 5) is 9.93. The predicted octanol–water partition coefficient (Wildman–Crippen LogP) is 0.899. The predicted molar refractivity (Wildman–Crippen MR) is 49.2 cm³/mol. The molecule has 5 heteroatoms. The van der Waals surface area contributed by atoms with Crippen molar-refractivity contribution in [2.24, 2.45) is 0 Å².